The predicted molar refractivity (Wildman–Crippen MR) is 69.2 cm³/mol. The molecule has 4 unspecified atom stereocenters. The molecular formula is C14H26N2O. The average Bonchev–Trinajstić information content (AvgIpc) is 3.00. The van der Waals surface area contributed by atoms with Crippen LogP contribution in [0.25, 0.3) is 0 Å². The minimum absolute atomic E-state index is 0.491. The van der Waals surface area contributed by atoms with Gasteiger partial charge in [0.05, 0.1) is 12.2 Å². The summed E-state index contributed by atoms with van der Waals surface area (Å²) < 4.78 is 5.97. The molecule has 98 valence electrons. The Morgan fingerprint density at radius 3 is 2.82 bits per heavy atom. The molecule has 17 heavy (non-hydrogen) atoms. The summed E-state index contributed by atoms with van der Waals surface area (Å²) in [5.74, 6) is 0. The lowest BCUT2D eigenvalue weighted by Crippen LogP contribution is -2.46. The normalized spacial score (nSPS) is 43.6. The van der Waals surface area contributed by atoms with E-state index in [0.29, 0.717) is 12.2 Å². The SMILES string of the molecule is CC1CCC(CN2CCCC2C2CCCN2)O1. The third kappa shape index (κ3) is 2.67. The van der Waals surface area contributed by atoms with Crippen LogP contribution in [0.5, 0.6) is 0 Å². The number of nitrogens with zero attached hydrogens (tertiary/aromatic N) is 1. The van der Waals surface area contributed by atoms with Crippen molar-refractivity contribution in [2.75, 3.05) is 19.6 Å². The highest BCUT2D eigenvalue weighted by atomic mass is 16.5. The molecule has 4 atom stereocenters. The van der Waals surface area contributed by atoms with E-state index < -0.39 is 0 Å². The summed E-state index contributed by atoms with van der Waals surface area (Å²) in [5.41, 5.74) is 0. The molecule has 0 aromatic carbocycles. The molecule has 3 fully saturated rings. The molecule has 0 radical (unpaired) electrons. The number of hydrogen-bond donors (Lipinski definition) is 1. The Morgan fingerprint density at radius 2 is 2.12 bits per heavy atom. The highest BCUT2D eigenvalue weighted by Gasteiger charge is 2.35. The molecular weight excluding hydrogens is 212 g/mol. The first-order valence-electron chi connectivity index (χ1n) is 7.46. The van der Waals surface area contributed by atoms with Crippen LogP contribution in [0.15, 0.2) is 0 Å². The highest BCUT2D eigenvalue weighted by molar-refractivity contribution is 4.93. The van der Waals surface area contributed by atoms with Gasteiger partial charge in [0.2, 0.25) is 0 Å². The van der Waals surface area contributed by atoms with Crippen LogP contribution >= 0.6 is 0 Å². The van der Waals surface area contributed by atoms with Gasteiger partial charge in [-0.25, -0.2) is 0 Å². The quantitative estimate of drug-likeness (QED) is 0.811. The first kappa shape index (κ1) is 11.9. The number of hydrogen-bond acceptors (Lipinski definition) is 3. The fourth-order valence-electron chi connectivity index (χ4n) is 3.86. The first-order valence-corrected chi connectivity index (χ1v) is 7.46. The molecule has 0 aromatic heterocycles. The minimum Gasteiger partial charge on any atom is -0.374 e. The molecule has 0 saturated carbocycles. The standard InChI is InChI=1S/C14H26N2O/c1-11-6-7-12(17-11)10-16-9-3-5-14(16)13-4-2-8-15-13/h11-15H,2-10H2,1H3. The van der Waals surface area contributed by atoms with Gasteiger partial charge in [-0.3, -0.25) is 4.90 Å². The van der Waals surface area contributed by atoms with Crippen molar-refractivity contribution in [3.8, 4) is 0 Å². The Labute approximate surface area is 105 Å². The van der Waals surface area contributed by atoms with E-state index in [4.69, 9.17) is 4.74 Å². The van der Waals surface area contributed by atoms with Crippen LogP contribution in [0.3, 0.4) is 0 Å². The number of rotatable bonds is 3. The molecule has 3 heteroatoms. The Kier molecular flexibility index (Phi) is 3.69. The van der Waals surface area contributed by atoms with Crippen molar-refractivity contribution in [1.82, 2.24) is 10.2 Å². The van der Waals surface area contributed by atoms with Gasteiger partial charge >= 0.3 is 0 Å². The monoisotopic (exact) mass is 238 g/mol. The van der Waals surface area contributed by atoms with Crippen molar-refractivity contribution in [2.45, 2.75) is 69.7 Å². The van der Waals surface area contributed by atoms with Crippen LogP contribution in [0.2, 0.25) is 0 Å². The van der Waals surface area contributed by atoms with Crippen molar-refractivity contribution in [2.24, 2.45) is 0 Å². The Hall–Kier alpha value is -0.120. The van der Waals surface area contributed by atoms with Gasteiger partial charge in [0.25, 0.3) is 0 Å². The molecule has 3 aliphatic rings. The summed E-state index contributed by atoms with van der Waals surface area (Å²) in [6, 6.07) is 1.55. The maximum atomic E-state index is 5.97. The molecule has 3 nitrogen and oxygen atoms in total. The smallest absolute Gasteiger partial charge is 0.0706 e. The van der Waals surface area contributed by atoms with Crippen molar-refractivity contribution in [1.29, 1.82) is 0 Å². The molecule has 3 aliphatic heterocycles. The van der Waals surface area contributed by atoms with Crippen LogP contribution in [-0.4, -0.2) is 48.8 Å². The second kappa shape index (κ2) is 5.25. The molecule has 0 aromatic rings. The second-order valence-electron chi connectivity index (χ2n) is 6.05. The van der Waals surface area contributed by atoms with Gasteiger partial charge in [0.1, 0.15) is 0 Å². The third-order valence-electron chi connectivity index (χ3n) is 4.74. The van der Waals surface area contributed by atoms with E-state index in [0.717, 1.165) is 12.1 Å². The average molecular weight is 238 g/mol. The maximum absolute atomic E-state index is 5.97. The van der Waals surface area contributed by atoms with Gasteiger partial charge in [-0.05, 0) is 58.5 Å². The van der Waals surface area contributed by atoms with Crippen LogP contribution in [-0.2, 0) is 4.74 Å². The molecule has 0 aliphatic carbocycles. The van der Waals surface area contributed by atoms with E-state index in [1.807, 2.05) is 0 Å². The van der Waals surface area contributed by atoms with Crippen LogP contribution in [0.4, 0.5) is 0 Å². The summed E-state index contributed by atoms with van der Waals surface area (Å²) in [6.07, 6.45) is 9.03. The van der Waals surface area contributed by atoms with E-state index in [9.17, 15) is 0 Å². The molecule has 3 rings (SSSR count). The molecule has 0 bridgehead atoms. The van der Waals surface area contributed by atoms with Crippen molar-refractivity contribution in [3.63, 3.8) is 0 Å². The van der Waals surface area contributed by atoms with Crippen molar-refractivity contribution in [3.05, 3.63) is 0 Å². The number of likely N-dealkylation sites (tertiary alicyclic amines) is 1. The lowest BCUT2D eigenvalue weighted by Gasteiger charge is -2.31. The van der Waals surface area contributed by atoms with E-state index in [-0.39, 0.29) is 0 Å². The fourth-order valence-corrected chi connectivity index (χ4v) is 3.86. The highest BCUT2D eigenvalue weighted by Crippen LogP contribution is 2.27. The van der Waals surface area contributed by atoms with Gasteiger partial charge in [-0.1, -0.05) is 0 Å². The van der Waals surface area contributed by atoms with Crippen LogP contribution in [0, 0.1) is 0 Å². The molecule has 3 heterocycles. The van der Waals surface area contributed by atoms with Crippen molar-refractivity contribution < 1.29 is 4.74 Å². The van der Waals surface area contributed by atoms with Gasteiger partial charge in [0, 0.05) is 18.6 Å². The van der Waals surface area contributed by atoms with Gasteiger partial charge in [0.15, 0.2) is 0 Å². The summed E-state index contributed by atoms with van der Waals surface area (Å²) in [6.45, 7) is 5.90. The lowest BCUT2D eigenvalue weighted by atomic mass is 10.0. The number of ether oxygens (including phenoxy) is 1. The Bertz CT molecular complexity index is 253. The van der Waals surface area contributed by atoms with Gasteiger partial charge in [-0.15, -0.1) is 0 Å². The van der Waals surface area contributed by atoms with E-state index in [1.165, 1.54) is 58.2 Å². The zero-order valence-corrected chi connectivity index (χ0v) is 11.0. The molecule has 1 N–H and O–H groups in total. The van der Waals surface area contributed by atoms with E-state index in [2.05, 4.69) is 17.1 Å². The fraction of sp³-hybridized carbons (Fsp3) is 1.00. The molecule has 0 spiro atoms. The van der Waals surface area contributed by atoms with E-state index >= 15 is 0 Å². The van der Waals surface area contributed by atoms with E-state index in [1.54, 1.807) is 0 Å². The summed E-state index contributed by atoms with van der Waals surface area (Å²) in [7, 11) is 0. The van der Waals surface area contributed by atoms with Crippen LogP contribution < -0.4 is 5.32 Å². The maximum Gasteiger partial charge on any atom is 0.0706 e. The third-order valence-corrected chi connectivity index (χ3v) is 4.74. The van der Waals surface area contributed by atoms with Gasteiger partial charge < -0.3 is 10.1 Å². The molecule has 3 saturated heterocycles. The Balaban J connectivity index is 1.54. The van der Waals surface area contributed by atoms with Crippen LogP contribution in [0.1, 0.15) is 45.4 Å². The lowest BCUT2D eigenvalue weighted by molar-refractivity contribution is 0.0260. The zero-order chi connectivity index (χ0) is 11.7. The summed E-state index contributed by atoms with van der Waals surface area (Å²) >= 11 is 0. The second-order valence-corrected chi connectivity index (χ2v) is 6.05. The minimum atomic E-state index is 0.491. The van der Waals surface area contributed by atoms with Gasteiger partial charge in [-0.2, -0.15) is 0 Å². The first-order chi connectivity index (χ1) is 8.33. The Morgan fingerprint density at radius 1 is 1.18 bits per heavy atom. The number of nitrogens with one attached hydrogen (secondary N) is 1. The topological polar surface area (TPSA) is 24.5 Å². The zero-order valence-electron chi connectivity index (χ0n) is 11.0. The summed E-state index contributed by atoms with van der Waals surface area (Å²) in [5, 5.41) is 3.68. The summed E-state index contributed by atoms with van der Waals surface area (Å²) in [4.78, 5) is 2.70. The van der Waals surface area contributed by atoms with Crippen molar-refractivity contribution >= 4 is 0 Å². The molecule has 0 amide bonds. The predicted octanol–water partition coefficient (Wildman–Crippen LogP) is 1.77. The largest absolute Gasteiger partial charge is 0.374 e.